The second-order valence-corrected chi connectivity index (χ2v) is 4.85. The van der Waals surface area contributed by atoms with Gasteiger partial charge in [-0.15, -0.1) is 0 Å². The normalized spacial score (nSPS) is 11.7. The van der Waals surface area contributed by atoms with Gasteiger partial charge in [-0.25, -0.2) is 0 Å². The molecule has 1 unspecified atom stereocenters. The van der Waals surface area contributed by atoms with Gasteiger partial charge in [0.2, 0.25) is 5.91 Å². The molecule has 1 heterocycles. The summed E-state index contributed by atoms with van der Waals surface area (Å²) in [5.41, 5.74) is 1.39. The summed E-state index contributed by atoms with van der Waals surface area (Å²) in [6.45, 7) is 1.95. The quantitative estimate of drug-likeness (QED) is 0.751. The van der Waals surface area contributed by atoms with E-state index < -0.39 is 6.10 Å². The van der Waals surface area contributed by atoms with Gasteiger partial charge in [-0.3, -0.25) is 9.59 Å². The van der Waals surface area contributed by atoms with E-state index in [9.17, 15) is 14.7 Å². The molecule has 22 heavy (non-hydrogen) atoms. The van der Waals surface area contributed by atoms with E-state index in [1.54, 1.807) is 36.4 Å². The lowest BCUT2D eigenvalue weighted by molar-refractivity contribution is -0.119. The number of nitrogens with one attached hydrogen (secondary N) is 2. The van der Waals surface area contributed by atoms with Crippen molar-refractivity contribution in [2.24, 2.45) is 0 Å². The highest BCUT2D eigenvalue weighted by Crippen LogP contribution is 2.12. The zero-order valence-corrected chi connectivity index (χ0v) is 12.2. The summed E-state index contributed by atoms with van der Waals surface area (Å²) in [6, 6.07) is 10.2. The van der Waals surface area contributed by atoms with Crippen LogP contribution >= 0.6 is 0 Å². The molecule has 0 aliphatic carbocycles. The van der Waals surface area contributed by atoms with Crippen LogP contribution < -0.4 is 10.6 Å². The molecule has 0 bridgehead atoms. The molecule has 0 spiro atoms. The van der Waals surface area contributed by atoms with Crippen molar-refractivity contribution >= 4 is 11.8 Å². The maximum Gasteiger partial charge on any atom is 0.251 e. The van der Waals surface area contributed by atoms with Gasteiger partial charge >= 0.3 is 0 Å². The summed E-state index contributed by atoms with van der Waals surface area (Å²) in [6.07, 6.45) is 0.590. The van der Waals surface area contributed by atoms with Gasteiger partial charge in [-0.1, -0.05) is 12.1 Å². The summed E-state index contributed by atoms with van der Waals surface area (Å²) >= 11 is 0. The number of carbonyl (C=O) groups excluding carboxylic acids is 2. The van der Waals surface area contributed by atoms with Crippen LogP contribution in [0.3, 0.4) is 0 Å². The molecule has 0 saturated heterocycles. The average molecular weight is 302 g/mol. The van der Waals surface area contributed by atoms with Crippen LogP contribution in [0.4, 0.5) is 0 Å². The van der Waals surface area contributed by atoms with Crippen molar-refractivity contribution in [2.75, 3.05) is 6.54 Å². The highest BCUT2D eigenvalue weighted by atomic mass is 16.4. The maximum absolute atomic E-state index is 12.0. The summed E-state index contributed by atoms with van der Waals surface area (Å²) in [5, 5.41) is 15.1. The Balaban J connectivity index is 1.85. The number of aliphatic hydroxyl groups excluding tert-OH is 1. The summed E-state index contributed by atoms with van der Waals surface area (Å²) in [5.74, 6) is 0.0244. The first-order valence-corrected chi connectivity index (χ1v) is 6.89. The van der Waals surface area contributed by atoms with Gasteiger partial charge in [-0.2, -0.15) is 0 Å². The lowest BCUT2D eigenvalue weighted by atomic mass is 10.1. The average Bonchev–Trinajstić information content (AvgIpc) is 3.05. The van der Waals surface area contributed by atoms with Crippen LogP contribution in [0.1, 0.15) is 34.7 Å². The van der Waals surface area contributed by atoms with Gasteiger partial charge in [0, 0.05) is 19.0 Å². The van der Waals surface area contributed by atoms with Gasteiger partial charge in [0.15, 0.2) is 0 Å². The molecule has 1 aromatic heterocycles. The molecule has 6 nitrogen and oxygen atoms in total. The molecule has 2 aromatic rings. The number of benzene rings is 1. The SMILES string of the molecule is CC(=O)NCc1ccc(C(=O)NCC(O)c2ccco2)cc1. The van der Waals surface area contributed by atoms with Crippen molar-refractivity contribution in [1.82, 2.24) is 10.6 Å². The van der Waals surface area contributed by atoms with Gasteiger partial charge in [-0.05, 0) is 29.8 Å². The monoisotopic (exact) mass is 302 g/mol. The van der Waals surface area contributed by atoms with Crippen LogP contribution in [-0.4, -0.2) is 23.5 Å². The van der Waals surface area contributed by atoms with Crippen LogP contribution in [0.25, 0.3) is 0 Å². The van der Waals surface area contributed by atoms with Gasteiger partial charge < -0.3 is 20.2 Å². The Morgan fingerprint density at radius 2 is 1.91 bits per heavy atom. The molecule has 0 radical (unpaired) electrons. The van der Waals surface area contributed by atoms with Crippen molar-refractivity contribution in [1.29, 1.82) is 0 Å². The van der Waals surface area contributed by atoms with Crippen LogP contribution in [0.15, 0.2) is 47.1 Å². The molecule has 0 aliphatic heterocycles. The lowest BCUT2D eigenvalue weighted by Gasteiger charge is -2.10. The van der Waals surface area contributed by atoms with Crippen LogP contribution in [-0.2, 0) is 11.3 Å². The topological polar surface area (TPSA) is 91.6 Å². The molecular formula is C16H18N2O4. The fourth-order valence-electron chi connectivity index (χ4n) is 1.87. The van der Waals surface area contributed by atoms with E-state index in [0.717, 1.165) is 5.56 Å². The van der Waals surface area contributed by atoms with Crippen molar-refractivity contribution in [3.05, 3.63) is 59.5 Å². The zero-order chi connectivity index (χ0) is 15.9. The second kappa shape index (κ2) is 7.42. The lowest BCUT2D eigenvalue weighted by Crippen LogP contribution is -2.28. The molecule has 0 aliphatic rings. The van der Waals surface area contributed by atoms with E-state index in [4.69, 9.17) is 4.42 Å². The molecule has 0 fully saturated rings. The standard InChI is InChI=1S/C16H18N2O4/c1-11(19)17-9-12-4-6-13(7-5-12)16(21)18-10-14(20)15-3-2-8-22-15/h2-8,14,20H,9-10H2,1H3,(H,17,19)(H,18,21). The largest absolute Gasteiger partial charge is 0.467 e. The fraction of sp³-hybridized carbons (Fsp3) is 0.250. The smallest absolute Gasteiger partial charge is 0.251 e. The van der Waals surface area contributed by atoms with E-state index in [1.807, 2.05) is 0 Å². The van der Waals surface area contributed by atoms with Crippen LogP contribution in [0, 0.1) is 0 Å². The zero-order valence-electron chi connectivity index (χ0n) is 12.2. The Bertz CT molecular complexity index is 620. The first-order valence-electron chi connectivity index (χ1n) is 6.89. The maximum atomic E-state index is 12.0. The minimum absolute atomic E-state index is 0.0694. The molecule has 1 aromatic carbocycles. The van der Waals surface area contributed by atoms with E-state index in [2.05, 4.69) is 10.6 Å². The van der Waals surface area contributed by atoms with Crippen molar-refractivity contribution < 1.29 is 19.1 Å². The van der Waals surface area contributed by atoms with Crippen LogP contribution in [0.2, 0.25) is 0 Å². The van der Waals surface area contributed by atoms with Crippen molar-refractivity contribution in [3.63, 3.8) is 0 Å². The minimum atomic E-state index is -0.877. The first-order chi connectivity index (χ1) is 10.6. The number of amides is 2. The number of furan rings is 1. The van der Waals surface area contributed by atoms with E-state index in [1.165, 1.54) is 13.2 Å². The molecule has 1 atom stereocenters. The number of hydrogen-bond acceptors (Lipinski definition) is 4. The van der Waals surface area contributed by atoms with Gasteiger partial charge in [0.05, 0.1) is 12.8 Å². The second-order valence-electron chi connectivity index (χ2n) is 4.85. The van der Waals surface area contributed by atoms with Gasteiger partial charge in [0.1, 0.15) is 11.9 Å². The Morgan fingerprint density at radius 3 is 2.50 bits per heavy atom. The predicted molar refractivity (Wildman–Crippen MR) is 80.0 cm³/mol. The predicted octanol–water partition coefficient (Wildman–Crippen LogP) is 1.38. The molecule has 2 rings (SSSR count). The van der Waals surface area contributed by atoms with E-state index >= 15 is 0 Å². The van der Waals surface area contributed by atoms with Crippen LogP contribution in [0.5, 0.6) is 0 Å². The Kier molecular flexibility index (Phi) is 5.32. The molecule has 116 valence electrons. The first kappa shape index (κ1) is 15.8. The Labute approximate surface area is 128 Å². The molecule has 2 amide bonds. The van der Waals surface area contributed by atoms with Gasteiger partial charge in [0.25, 0.3) is 5.91 Å². The van der Waals surface area contributed by atoms with E-state index in [-0.39, 0.29) is 18.4 Å². The van der Waals surface area contributed by atoms with Crippen molar-refractivity contribution in [3.8, 4) is 0 Å². The third-order valence-corrected chi connectivity index (χ3v) is 3.09. The molecule has 3 N–H and O–H groups in total. The Morgan fingerprint density at radius 1 is 1.18 bits per heavy atom. The number of hydrogen-bond donors (Lipinski definition) is 3. The Hall–Kier alpha value is -2.60. The summed E-state index contributed by atoms with van der Waals surface area (Å²) < 4.78 is 5.06. The summed E-state index contributed by atoms with van der Waals surface area (Å²) in [4.78, 5) is 22.8. The number of aliphatic hydroxyl groups is 1. The third-order valence-electron chi connectivity index (χ3n) is 3.09. The third kappa shape index (κ3) is 4.46. The summed E-state index contributed by atoms with van der Waals surface area (Å²) in [7, 11) is 0. The van der Waals surface area contributed by atoms with E-state index in [0.29, 0.717) is 17.9 Å². The number of rotatable bonds is 6. The molecule has 6 heteroatoms. The molecular weight excluding hydrogens is 284 g/mol. The molecule has 0 saturated carbocycles. The fourth-order valence-corrected chi connectivity index (χ4v) is 1.87. The highest BCUT2D eigenvalue weighted by Gasteiger charge is 2.12. The number of carbonyl (C=O) groups is 2. The van der Waals surface area contributed by atoms with Crippen molar-refractivity contribution in [2.45, 2.75) is 19.6 Å². The minimum Gasteiger partial charge on any atom is -0.467 e. The highest BCUT2D eigenvalue weighted by molar-refractivity contribution is 5.94.